The normalized spacial score (nSPS) is 22.4. The molecule has 3 rings (SSSR count). The molecule has 1 aliphatic carbocycles. The fourth-order valence-electron chi connectivity index (χ4n) is 2.10. The van der Waals surface area contributed by atoms with Crippen molar-refractivity contribution in [1.82, 2.24) is 0 Å². The van der Waals surface area contributed by atoms with Gasteiger partial charge in [-0.2, -0.15) is 0 Å². The molecular formula is C15H15NS. The summed E-state index contributed by atoms with van der Waals surface area (Å²) >= 11 is 1.91. The molecule has 0 radical (unpaired) electrons. The first-order valence-electron chi connectivity index (χ1n) is 5.91. The summed E-state index contributed by atoms with van der Waals surface area (Å²) in [6, 6.07) is 18.9. The SMILES string of the molecule is Nc1ccccc1SC1CC1c1ccccc1. The zero-order chi connectivity index (χ0) is 11.7. The van der Waals surface area contributed by atoms with Gasteiger partial charge < -0.3 is 5.73 Å². The van der Waals surface area contributed by atoms with Gasteiger partial charge in [0.15, 0.2) is 0 Å². The van der Waals surface area contributed by atoms with E-state index < -0.39 is 0 Å². The molecule has 0 amide bonds. The number of para-hydroxylation sites is 1. The van der Waals surface area contributed by atoms with E-state index >= 15 is 0 Å². The van der Waals surface area contributed by atoms with E-state index in [1.54, 1.807) is 0 Å². The molecule has 2 N–H and O–H groups in total. The van der Waals surface area contributed by atoms with Crippen LogP contribution >= 0.6 is 11.8 Å². The van der Waals surface area contributed by atoms with Gasteiger partial charge in [-0.1, -0.05) is 42.5 Å². The van der Waals surface area contributed by atoms with Crippen LogP contribution in [0.3, 0.4) is 0 Å². The molecule has 1 aliphatic rings. The number of benzene rings is 2. The van der Waals surface area contributed by atoms with Gasteiger partial charge in [0.25, 0.3) is 0 Å². The molecule has 17 heavy (non-hydrogen) atoms. The van der Waals surface area contributed by atoms with Gasteiger partial charge >= 0.3 is 0 Å². The van der Waals surface area contributed by atoms with Gasteiger partial charge in [0.2, 0.25) is 0 Å². The molecule has 0 saturated heterocycles. The highest BCUT2D eigenvalue weighted by Gasteiger charge is 2.39. The Morgan fingerprint density at radius 1 is 0.941 bits per heavy atom. The van der Waals surface area contributed by atoms with Gasteiger partial charge in [-0.05, 0) is 30.0 Å². The predicted molar refractivity (Wildman–Crippen MR) is 74.3 cm³/mol. The molecule has 2 aromatic carbocycles. The summed E-state index contributed by atoms with van der Waals surface area (Å²) in [6.45, 7) is 0. The number of nitrogen functional groups attached to an aromatic ring is 1. The Kier molecular flexibility index (Phi) is 2.81. The van der Waals surface area contributed by atoms with Crippen LogP contribution in [0.1, 0.15) is 17.9 Å². The zero-order valence-electron chi connectivity index (χ0n) is 9.54. The highest BCUT2D eigenvalue weighted by atomic mass is 32.2. The summed E-state index contributed by atoms with van der Waals surface area (Å²) in [7, 11) is 0. The second-order valence-corrected chi connectivity index (χ2v) is 5.73. The van der Waals surface area contributed by atoms with E-state index in [2.05, 4.69) is 42.5 Å². The zero-order valence-corrected chi connectivity index (χ0v) is 10.4. The molecule has 86 valence electrons. The third-order valence-electron chi connectivity index (χ3n) is 3.16. The van der Waals surface area contributed by atoms with E-state index in [0.717, 1.165) is 5.69 Å². The van der Waals surface area contributed by atoms with E-state index in [-0.39, 0.29) is 0 Å². The molecule has 0 heterocycles. The molecule has 1 nitrogen and oxygen atoms in total. The molecule has 2 heteroatoms. The van der Waals surface area contributed by atoms with Crippen molar-refractivity contribution in [2.75, 3.05) is 5.73 Å². The van der Waals surface area contributed by atoms with Crippen molar-refractivity contribution in [2.45, 2.75) is 22.5 Å². The molecular weight excluding hydrogens is 226 g/mol. The van der Waals surface area contributed by atoms with Crippen molar-refractivity contribution in [3.63, 3.8) is 0 Å². The van der Waals surface area contributed by atoms with E-state index in [0.29, 0.717) is 11.2 Å². The number of nitrogens with two attached hydrogens (primary N) is 1. The molecule has 0 aromatic heterocycles. The summed E-state index contributed by atoms with van der Waals surface area (Å²) < 4.78 is 0. The van der Waals surface area contributed by atoms with Gasteiger partial charge in [0.05, 0.1) is 0 Å². The van der Waals surface area contributed by atoms with Crippen molar-refractivity contribution in [1.29, 1.82) is 0 Å². The summed E-state index contributed by atoms with van der Waals surface area (Å²) in [5.74, 6) is 0.709. The van der Waals surface area contributed by atoms with Crippen LogP contribution in [0.4, 0.5) is 5.69 Å². The average Bonchev–Trinajstić information content (AvgIpc) is 3.13. The van der Waals surface area contributed by atoms with E-state index in [4.69, 9.17) is 5.73 Å². The molecule has 1 saturated carbocycles. The minimum atomic E-state index is 0.696. The largest absolute Gasteiger partial charge is 0.398 e. The lowest BCUT2D eigenvalue weighted by Crippen LogP contribution is -1.89. The number of anilines is 1. The van der Waals surface area contributed by atoms with Gasteiger partial charge in [-0.15, -0.1) is 11.8 Å². The van der Waals surface area contributed by atoms with Gasteiger partial charge in [-0.25, -0.2) is 0 Å². The van der Waals surface area contributed by atoms with Crippen molar-refractivity contribution < 1.29 is 0 Å². The smallest absolute Gasteiger partial charge is 0.0452 e. The monoisotopic (exact) mass is 241 g/mol. The molecule has 2 aromatic rings. The maximum absolute atomic E-state index is 5.96. The van der Waals surface area contributed by atoms with Crippen LogP contribution in [0.15, 0.2) is 59.5 Å². The Bertz CT molecular complexity index is 509. The van der Waals surface area contributed by atoms with Crippen molar-refractivity contribution >= 4 is 17.4 Å². The van der Waals surface area contributed by atoms with Crippen LogP contribution in [0.2, 0.25) is 0 Å². The van der Waals surface area contributed by atoms with Crippen LogP contribution in [-0.2, 0) is 0 Å². The van der Waals surface area contributed by atoms with Crippen LogP contribution < -0.4 is 5.73 Å². The first kappa shape index (κ1) is 10.7. The van der Waals surface area contributed by atoms with E-state index in [9.17, 15) is 0 Å². The Labute approximate surface area is 106 Å². The van der Waals surface area contributed by atoms with Crippen molar-refractivity contribution in [3.8, 4) is 0 Å². The second kappa shape index (κ2) is 4.46. The maximum atomic E-state index is 5.96. The number of rotatable bonds is 3. The molecule has 0 spiro atoms. The predicted octanol–water partition coefficient (Wildman–Crippen LogP) is 3.92. The standard InChI is InChI=1S/C15H15NS/c16-13-8-4-5-9-14(13)17-15-10-12(15)11-6-2-1-3-7-11/h1-9,12,15H,10,16H2. The first-order valence-corrected chi connectivity index (χ1v) is 6.78. The van der Waals surface area contributed by atoms with Crippen molar-refractivity contribution in [3.05, 3.63) is 60.2 Å². The minimum absolute atomic E-state index is 0.696. The first-order chi connectivity index (χ1) is 8.34. The van der Waals surface area contributed by atoms with Crippen LogP contribution in [0.5, 0.6) is 0 Å². The topological polar surface area (TPSA) is 26.0 Å². The lowest BCUT2D eigenvalue weighted by atomic mass is 10.1. The average molecular weight is 241 g/mol. The summed E-state index contributed by atoms with van der Waals surface area (Å²) in [5.41, 5.74) is 8.32. The fourth-order valence-corrected chi connectivity index (χ4v) is 3.42. The molecule has 2 unspecified atom stereocenters. The number of thioether (sulfide) groups is 1. The van der Waals surface area contributed by atoms with Gasteiger partial charge in [-0.3, -0.25) is 0 Å². The highest BCUT2D eigenvalue weighted by molar-refractivity contribution is 8.00. The summed E-state index contributed by atoms with van der Waals surface area (Å²) in [5, 5.41) is 0.696. The Hall–Kier alpha value is -1.41. The van der Waals surface area contributed by atoms with Crippen LogP contribution in [0.25, 0.3) is 0 Å². The lowest BCUT2D eigenvalue weighted by molar-refractivity contribution is 1.13. The number of hydrogen-bond donors (Lipinski definition) is 1. The van der Waals surface area contributed by atoms with Crippen LogP contribution in [0, 0.1) is 0 Å². The third-order valence-corrected chi connectivity index (χ3v) is 4.61. The summed E-state index contributed by atoms with van der Waals surface area (Å²) in [4.78, 5) is 1.22. The summed E-state index contributed by atoms with van der Waals surface area (Å²) in [6.07, 6.45) is 1.27. The van der Waals surface area contributed by atoms with Crippen LogP contribution in [-0.4, -0.2) is 5.25 Å². The van der Waals surface area contributed by atoms with Gasteiger partial charge in [0, 0.05) is 15.8 Å². The molecule has 2 atom stereocenters. The quantitative estimate of drug-likeness (QED) is 0.824. The Balaban J connectivity index is 1.69. The van der Waals surface area contributed by atoms with Crippen molar-refractivity contribution in [2.24, 2.45) is 0 Å². The number of hydrogen-bond acceptors (Lipinski definition) is 2. The molecule has 1 fully saturated rings. The second-order valence-electron chi connectivity index (χ2n) is 4.45. The Morgan fingerprint density at radius 2 is 1.65 bits per heavy atom. The minimum Gasteiger partial charge on any atom is -0.398 e. The van der Waals surface area contributed by atoms with E-state index in [1.165, 1.54) is 16.9 Å². The third kappa shape index (κ3) is 2.32. The fraction of sp³-hybridized carbons (Fsp3) is 0.200. The maximum Gasteiger partial charge on any atom is 0.0452 e. The molecule has 0 aliphatic heterocycles. The van der Waals surface area contributed by atoms with Gasteiger partial charge in [0.1, 0.15) is 0 Å². The molecule has 0 bridgehead atoms. The Morgan fingerprint density at radius 3 is 2.41 bits per heavy atom. The lowest BCUT2D eigenvalue weighted by Gasteiger charge is -2.04. The highest BCUT2D eigenvalue weighted by Crippen LogP contribution is 2.52. The van der Waals surface area contributed by atoms with E-state index in [1.807, 2.05) is 23.9 Å².